The number of hydrogen-bond acceptors (Lipinski definition) is 3. The van der Waals surface area contributed by atoms with Crippen LogP contribution in [0.15, 0.2) is 18.2 Å². The average molecular weight is 272 g/mol. The van der Waals surface area contributed by atoms with Crippen LogP contribution in [0.2, 0.25) is 0 Å². The molecule has 2 atom stereocenters. The zero-order chi connectivity index (χ0) is 14.5. The minimum Gasteiger partial charge on any atom is -0.378 e. The molecule has 0 aromatic heterocycles. The molecule has 1 aromatic rings. The third kappa shape index (κ3) is 3.38. The molecular weight excluding hydrogens is 252 g/mol. The van der Waals surface area contributed by atoms with E-state index >= 15 is 0 Å². The van der Waals surface area contributed by atoms with Crippen LogP contribution in [0.3, 0.4) is 0 Å². The quantitative estimate of drug-likeness (QED) is 0.805. The van der Waals surface area contributed by atoms with Crippen molar-refractivity contribution in [3.05, 3.63) is 29.3 Å². The minimum absolute atomic E-state index is 0.00926. The summed E-state index contributed by atoms with van der Waals surface area (Å²) in [4.78, 5) is 12.2. The van der Waals surface area contributed by atoms with Gasteiger partial charge in [0, 0.05) is 17.9 Å². The predicted molar refractivity (Wildman–Crippen MR) is 79.3 cm³/mol. The lowest BCUT2D eigenvalue weighted by atomic mass is 10.0. The first-order valence-electron chi connectivity index (χ1n) is 6.84. The van der Waals surface area contributed by atoms with Gasteiger partial charge < -0.3 is 15.8 Å². The van der Waals surface area contributed by atoms with Crippen LogP contribution in [0, 0.1) is 24.7 Å². The van der Waals surface area contributed by atoms with Gasteiger partial charge in [0.15, 0.2) is 0 Å². The number of ether oxygens (including phenoxy) is 1. The Bertz CT molecular complexity index is 557. The zero-order valence-corrected chi connectivity index (χ0v) is 11.9. The molecule has 0 saturated carbocycles. The van der Waals surface area contributed by atoms with Gasteiger partial charge in [0.05, 0.1) is 18.6 Å². The van der Waals surface area contributed by atoms with E-state index in [1.54, 1.807) is 0 Å². The highest BCUT2D eigenvalue weighted by molar-refractivity contribution is 5.93. The van der Waals surface area contributed by atoms with Gasteiger partial charge in [-0.25, -0.2) is 0 Å². The molecule has 4 nitrogen and oxygen atoms in total. The predicted octanol–water partition coefficient (Wildman–Crippen LogP) is 1.67. The standard InChI is InChI=1S/C16H20N2O2/c1-11-10-13(4-3-8-17)5-6-15(11)18-16(19)14-7-9-20-12(14)2/h5-6,10,12,14H,7-9,17H2,1-2H3,(H,18,19). The van der Waals surface area contributed by atoms with Crippen molar-refractivity contribution >= 4 is 11.6 Å². The number of aryl methyl sites for hydroxylation is 1. The number of anilines is 1. The van der Waals surface area contributed by atoms with E-state index in [-0.39, 0.29) is 17.9 Å². The molecule has 0 bridgehead atoms. The van der Waals surface area contributed by atoms with E-state index in [4.69, 9.17) is 10.5 Å². The maximum Gasteiger partial charge on any atom is 0.230 e. The van der Waals surface area contributed by atoms with Crippen molar-refractivity contribution in [1.82, 2.24) is 0 Å². The summed E-state index contributed by atoms with van der Waals surface area (Å²) in [6, 6.07) is 5.72. The number of nitrogens with one attached hydrogen (secondary N) is 1. The summed E-state index contributed by atoms with van der Waals surface area (Å²) in [5.74, 6) is 5.76. The topological polar surface area (TPSA) is 64.3 Å². The van der Waals surface area contributed by atoms with E-state index in [1.165, 1.54) is 0 Å². The monoisotopic (exact) mass is 272 g/mol. The van der Waals surface area contributed by atoms with Crippen LogP contribution in [0.5, 0.6) is 0 Å². The molecule has 2 unspecified atom stereocenters. The summed E-state index contributed by atoms with van der Waals surface area (Å²) in [6.07, 6.45) is 0.775. The first-order chi connectivity index (χ1) is 9.61. The number of benzene rings is 1. The fourth-order valence-electron chi connectivity index (χ4n) is 2.34. The zero-order valence-electron chi connectivity index (χ0n) is 11.9. The van der Waals surface area contributed by atoms with Crippen LogP contribution in [0.4, 0.5) is 5.69 Å². The number of rotatable bonds is 2. The van der Waals surface area contributed by atoms with Crippen molar-refractivity contribution in [3.63, 3.8) is 0 Å². The van der Waals surface area contributed by atoms with Gasteiger partial charge in [-0.05, 0) is 44.0 Å². The summed E-state index contributed by atoms with van der Waals surface area (Å²) in [6.45, 7) is 4.90. The normalized spacial score (nSPS) is 21.1. The highest BCUT2D eigenvalue weighted by Gasteiger charge is 2.30. The second-order valence-electron chi connectivity index (χ2n) is 5.00. The van der Waals surface area contributed by atoms with Gasteiger partial charge in [-0.2, -0.15) is 0 Å². The molecule has 4 heteroatoms. The summed E-state index contributed by atoms with van der Waals surface area (Å²) >= 11 is 0. The highest BCUT2D eigenvalue weighted by Crippen LogP contribution is 2.23. The summed E-state index contributed by atoms with van der Waals surface area (Å²) in [5.41, 5.74) is 8.08. The number of carbonyl (C=O) groups excluding carboxylic acids is 1. The maximum absolute atomic E-state index is 12.2. The van der Waals surface area contributed by atoms with Crippen molar-refractivity contribution < 1.29 is 9.53 Å². The SMILES string of the molecule is Cc1cc(C#CCN)ccc1NC(=O)C1CCOC1C. The number of amides is 1. The summed E-state index contributed by atoms with van der Waals surface area (Å²) in [7, 11) is 0. The van der Waals surface area contributed by atoms with E-state index in [0.29, 0.717) is 13.2 Å². The third-order valence-corrected chi connectivity index (χ3v) is 3.53. The fourth-order valence-corrected chi connectivity index (χ4v) is 2.34. The Morgan fingerprint density at radius 1 is 1.55 bits per heavy atom. The lowest BCUT2D eigenvalue weighted by Crippen LogP contribution is -2.28. The van der Waals surface area contributed by atoms with Crippen molar-refractivity contribution in [2.24, 2.45) is 11.7 Å². The second kappa shape index (κ2) is 6.56. The van der Waals surface area contributed by atoms with Crippen molar-refractivity contribution in [3.8, 4) is 11.8 Å². The van der Waals surface area contributed by atoms with Crippen LogP contribution in [-0.4, -0.2) is 25.2 Å². The van der Waals surface area contributed by atoms with Crippen LogP contribution in [0.1, 0.15) is 24.5 Å². The van der Waals surface area contributed by atoms with Gasteiger partial charge in [0.1, 0.15) is 0 Å². The molecule has 1 aliphatic heterocycles. The van der Waals surface area contributed by atoms with Gasteiger partial charge in [-0.3, -0.25) is 4.79 Å². The molecule has 3 N–H and O–H groups in total. The van der Waals surface area contributed by atoms with Gasteiger partial charge in [-0.1, -0.05) is 11.8 Å². The number of carbonyl (C=O) groups is 1. The van der Waals surface area contributed by atoms with E-state index in [9.17, 15) is 4.79 Å². The minimum atomic E-state index is -0.0638. The molecule has 0 spiro atoms. The Morgan fingerprint density at radius 3 is 2.95 bits per heavy atom. The first-order valence-corrected chi connectivity index (χ1v) is 6.84. The molecule has 106 valence electrons. The smallest absolute Gasteiger partial charge is 0.230 e. The molecule has 1 aromatic carbocycles. The van der Waals surface area contributed by atoms with Crippen LogP contribution >= 0.6 is 0 Å². The molecule has 0 radical (unpaired) electrons. The molecule has 1 aliphatic rings. The van der Waals surface area contributed by atoms with Crippen LogP contribution in [0.25, 0.3) is 0 Å². The second-order valence-corrected chi connectivity index (χ2v) is 5.00. The Labute approximate surface area is 119 Å². The Balaban J connectivity index is 2.08. The van der Waals surface area contributed by atoms with E-state index < -0.39 is 0 Å². The lowest BCUT2D eigenvalue weighted by Gasteiger charge is -2.15. The molecule has 1 saturated heterocycles. The molecule has 20 heavy (non-hydrogen) atoms. The average Bonchev–Trinajstić information content (AvgIpc) is 2.85. The summed E-state index contributed by atoms with van der Waals surface area (Å²) in [5, 5.41) is 2.97. The van der Waals surface area contributed by atoms with Gasteiger partial charge in [0.25, 0.3) is 0 Å². The molecule has 1 amide bonds. The van der Waals surface area contributed by atoms with E-state index in [0.717, 1.165) is 23.2 Å². The van der Waals surface area contributed by atoms with Crippen LogP contribution < -0.4 is 11.1 Å². The van der Waals surface area contributed by atoms with Crippen molar-refractivity contribution in [2.75, 3.05) is 18.5 Å². The molecule has 2 rings (SSSR count). The highest BCUT2D eigenvalue weighted by atomic mass is 16.5. The molecule has 1 fully saturated rings. The lowest BCUT2D eigenvalue weighted by molar-refractivity contribution is -0.121. The van der Waals surface area contributed by atoms with Gasteiger partial charge in [0.2, 0.25) is 5.91 Å². The molecule has 0 aliphatic carbocycles. The third-order valence-electron chi connectivity index (χ3n) is 3.53. The van der Waals surface area contributed by atoms with E-state index in [1.807, 2.05) is 32.0 Å². The van der Waals surface area contributed by atoms with Crippen LogP contribution in [-0.2, 0) is 9.53 Å². The molecular formula is C16H20N2O2. The maximum atomic E-state index is 12.2. The molecule has 1 heterocycles. The largest absolute Gasteiger partial charge is 0.378 e. The summed E-state index contributed by atoms with van der Waals surface area (Å²) < 4.78 is 5.43. The first kappa shape index (κ1) is 14.6. The fraction of sp³-hybridized carbons (Fsp3) is 0.438. The number of hydrogen-bond donors (Lipinski definition) is 2. The van der Waals surface area contributed by atoms with Gasteiger partial charge >= 0.3 is 0 Å². The Hall–Kier alpha value is -1.83. The Kier molecular flexibility index (Phi) is 4.78. The van der Waals surface area contributed by atoms with Gasteiger partial charge in [-0.15, -0.1) is 0 Å². The van der Waals surface area contributed by atoms with E-state index in [2.05, 4.69) is 17.2 Å². The Morgan fingerprint density at radius 2 is 2.35 bits per heavy atom. The van der Waals surface area contributed by atoms with Crippen molar-refractivity contribution in [1.29, 1.82) is 0 Å². The van der Waals surface area contributed by atoms with Crippen molar-refractivity contribution in [2.45, 2.75) is 26.4 Å². The number of nitrogens with two attached hydrogens (primary N) is 1.